The van der Waals surface area contributed by atoms with E-state index in [2.05, 4.69) is 19.7 Å². The van der Waals surface area contributed by atoms with Crippen LogP contribution >= 0.6 is 13.6 Å². The van der Waals surface area contributed by atoms with Crippen LogP contribution in [-0.2, 0) is 16.3 Å². The molecular formula is C10H12BrFOZn. The standard InChI is InChI=1S/C10H12FO.BrH.Zn/c1-10(2,3)12-9-7-5-4-6-8(9)11;;/h4,6-7H,1-3H3;1H;/q-1;;+2/p-1. The number of hydrogen-bond acceptors (Lipinski definition) is 1. The van der Waals surface area contributed by atoms with Crippen LogP contribution < -0.4 is 4.74 Å². The predicted octanol–water partition coefficient (Wildman–Crippen LogP) is 3.65. The first-order valence-corrected chi connectivity index (χ1v) is 11.1. The van der Waals surface area contributed by atoms with Crippen molar-refractivity contribution in [3.8, 4) is 5.75 Å². The Bertz CT molecular complexity index is 273. The Morgan fingerprint density at radius 2 is 2.00 bits per heavy atom. The topological polar surface area (TPSA) is 9.23 Å². The van der Waals surface area contributed by atoms with Crippen LogP contribution in [0.5, 0.6) is 5.75 Å². The molecule has 0 N–H and O–H groups in total. The SMILES string of the molecule is CC(C)(C)Oc1c[c-]ccc1F.[Zn+][Br]. The molecule has 74 valence electrons. The van der Waals surface area contributed by atoms with Crippen molar-refractivity contribution in [2.75, 3.05) is 0 Å². The Morgan fingerprint density at radius 1 is 1.43 bits per heavy atom. The molecule has 0 bridgehead atoms. The minimum absolute atomic E-state index is 0.255. The maximum absolute atomic E-state index is 13.0. The number of benzene rings is 1. The minimum atomic E-state index is -0.365. The molecule has 1 nitrogen and oxygen atoms in total. The van der Waals surface area contributed by atoms with Gasteiger partial charge in [-0.3, -0.25) is 0 Å². The molecule has 1 aromatic carbocycles. The third-order valence-corrected chi connectivity index (χ3v) is 1.19. The van der Waals surface area contributed by atoms with E-state index in [-0.39, 0.29) is 17.2 Å². The van der Waals surface area contributed by atoms with E-state index in [0.717, 1.165) is 0 Å². The molecule has 0 aliphatic heterocycles. The average Bonchev–Trinajstić information content (AvgIpc) is 2.10. The van der Waals surface area contributed by atoms with Gasteiger partial charge in [0.1, 0.15) is 0 Å². The van der Waals surface area contributed by atoms with Gasteiger partial charge in [0, 0.05) is 5.75 Å². The number of halogens is 2. The van der Waals surface area contributed by atoms with Crippen LogP contribution in [0, 0.1) is 11.9 Å². The molecule has 0 aliphatic rings. The Kier molecular flexibility index (Phi) is 6.55. The van der Waals surface area contributed by atoms with Crippen molar-refractivity contribution in [1.82, 2.24) is 0 Å². The van der Waals surface area contributed by atoms with Crippen LogP contribution in [0.3, 0.4) is 0 Å². The maximum atomic E-state index is 13.0. The summed E-state index contributed by atoms with van der Waals surface area (Å²) in [6.45, 7) is 5.62. The van der Waals surface area contributed by atoms with E-state index in [0.29, 0.717) is 0 Å². The summed E-state index contributed by atoms with van der Waals surface area (Å²) in [4.78, 5) is 0. The fourth-order valence-corrected chi connectivity index (χ4v) is 0.804. The molecule has 0 radical (unpaired) electrons. The monoisotopic (exact) mass is 310 g/mol. The van der Waals surface area contributed by atoms with E-state index < -0.39 is 0 Å². The molecule has 4 heteroatoms. The van der Waals surface area contributed by atoms with Crippen LogP contribution in [0.15, 0.2) is 18.2 Å². The summed E-state index contributed by atoms with van der Waals surface area (Å²) in [6.07, 6.45) is 0. The van der Waals surface area contributed by atoms with Gasteiger partial charge in [0.2, 0.25) is 0 Å². The fraction of sp³-hybridized carbons (Fsp3) is 0.400. The van der Waals surface area contributed by atoms with Gasteiger partial charge in [0.05, 0.1) is 11.4 Å². The molecule has 0 spiro atoms. The molecule has 0 atom stereocenters. The van der Waals surface area contributed by atoms with Crippen LogP contribution in [0.4, 0.5) is 4.39 Å². The third kappa shape index (κ3) is 5.71. The Hall–Kier alpha value is 0.0534. The molecule has 1 rings (SSSR count). The molecule has 0 aromatic heterocycles. The van der Waals surface area contributed by atoms with Crippen molar-refractivity contribution < 1.29 is 25.5 Å². The van der Waals surface area contributed by atoms with Gasteiger partial charge < -0.3 is 4.74 Å². The van der Waals surface area contributed by atoms with Crippen molar-refractivity contribution in [1.29, 1.82) is 0 Å². The first-order valence-electron chi connectivity index (χ1n) is 4.10. The molecule has 1 aromatic rings. The van der Waals surface area contributed by atoms with Crippen molar-refractivity contribution >= 4 is 13.6 Å². The quantitative estimate of drug-likeness (QED) is 0.568. The van der Waals surface area contributed by atoms with E-state index in [4.69, 9.17) is 4.74 Å². The molecule has 0 heterocycles. The number of ether oxygens (including phenoxy) is 1. The number of rotatable bonds is 1. The molecule has 0 saturated carbocycles. The van der Waals surface area contributed by atoms with Crippen LogP contribution in [0.1, 0.15) is 20.8 Å². The third-order valence-electron chi connectivity index (χ3n) is 1.19. The van der Waals surface area contributed by atoms with Gasteiger partial charge in [-0.2, -0.15) is 12.1 Å². The van der Waals surface area contributed by atoms with Crippen LogP contribution in [0.25, 0.3) is 0 Å². The number of hydrogen-bond donors (Lipinski definition) is 0. The van der Waals surface area contributed by atoms with Gasteiger partial charge in [-0.25, -0.2) is 4.39 Å². The zero-order valence-electron chi connectivity index (χ0n) is 8.60. The molecular weight excluding hydrogens is 300 g/mol. The predicted molar refractivity (Wildman–Crippen MR) is 54.5 cm³/mol. The first-order chi connectivity index (χ1) is 6.49. The Labute approximate surface area is 101 Å². The zero-order valence-corrected chi connectivity index (χ0v) is 13.2. The normalized spacial score (nSPS) is 10.2. The summed E-state index contributed by atoms with van der Waals surface area (Å²) in [7, 11) is 0. The van der Waals surface area contributed by atoms with Crippen molar-refractivity contribution in [2.45, 2.75) is 26.4 Å². The van der Waals surface area contributed by atoms with E-state index in [1.54, 1.807) is 0 Å². The second-order valence-electron chi connectivity index (χ2n) is 3.57. The van der Waals surface area contributed by atoms with E-state index in [9.17, 15) is 4.39 Å². The van der Waals surface area contributed by atoms with Crippen molar-refractivity contribution in [2.24, 2.45) is 0 Å². The molecule has 0 aliphatic carbocycles. The van der Waals surface area contributed by atoms with Gasteiger partial charge in [-0.15, -0.1) is 12.1 Å². The summed E-state index contributed by atoms with van der Waals surface area (Å²) >= 11 is 4.25. The zero-order chi connectivity index (χ0) is 11.2. The second-order valence-corrected chi connectivity index (χ2v) is 3.57. The Morgan fingerprint density at radius 3 is 2.43 bits per heavy atom. The molecule has 14 heavy (non-hydrogen) atoms. The van der Waals surface area contributed by atoms with Gasteiger partial charge >= 0.3 is 30.0 Å². The van der Waals surface area contributed by atoms with Crippen LogP contribution in [0.2, 0.25) is 0 Å². The molecule has 0 unspecified atom stereocenters. The van der Waals surface area contributed by atoms with Gasteiger partial charge in [0.15, 0.2) is 0 Å². The fourth-order valence-electron chi connectivity index (χ4n) is 0.804. The molecule has 0 amide bonds. The van der Waals surface area contributed by atoms with Gasteiger partial charge in [-0.05, 0) is 20.8 Å². The van der Waals surface area contributed by atoms with Crippen LogP contribution in [-0.4, -0.2) is 5.60 Å². The summed E-state index contributed by atoms with van der Waals surface area (Å²) in [5.74, 6) is -0.0892. The van der Waals surface area contributed by atoms with Crippen molar-refractivity contribution in [3.05, 3.63) is 30.1 Å². The van der Waals surface area contributed by atoms with Gasteiger partial charge in [-0.1, -0.05) is 0 Å². The van der Waals surface area contributed by atoms with E-state index in [1.165, 1.54) is 34.5 Å². The second kappa shape index (κ2) is 6.52. The average molecular weight is 312 g/mol. The first kappa shape index (κ1) is 14.1. The van der Waals surface area contributed by atoms with Crippen molar-refractivity contribution in [3.63, 3.8) is 0 Å². The summed E-state index contributed by atoms with van der Waals surface area (Å²) in [5.41, 5.74) is -0.365. The summed E-state index contributed by atoms with van der Waals surface area (Å²) < 4.78 is 18.3. The van der Waals surface area contributed by atoms with E-state index >= 15 is 0 Å². The van der Waals surface area contributed by atoms with E-state index in [1.807, 2.05) is 20.8 Å². The molecule has 0 fully saturated rings. The molecule has 0 saturated heterocycles. The summed E-state index contributed by atoms with van der Waals surface area (Å²) in [5, 5.41) is 0. The Balaban J connectivity index is 0.000000791. The summed E-state index contributed by atoms with van der Waals surface area (Å²) in [6, 6.07) is 7.11. The van der Waals surface area contributed by atoms with Gasteiger partial charge in [0.25, 0.3) is 0 Å².